The van der Waals surface area contributed by atoms with Crippen molar-refractivity contribution in [1.82, 2.24) is 9.78 Å². The summed E-state index contributed by atoms with van der Waals surface area (Å²) >= 11 is 0. The first kappa shape index (κ1) is 10.5. The summed E-state index contributed by atoms with van der Waals surface area (Å²) in [6.07, 6.45) is 7.30. The first-order valence-corrected chi connectivity index (χ1v) is 5.92. The monoisotopic (exact) mass is 207 g/mol. The largest absolute Gasteiger partial charge is 0.380 e. The van der Waals surface area contributed by atoms with Crippen molar-refractivity contribution in [3.63, 3.8) is 0 Å². The maximum absolute atomic E-state index is 4.25. The molecule has 0 saturated heterocycles. The predicted molar refractivity (Wildman–Crippen MR) is 63.0 cm³/mol. The van der Waals surface area contributed by atoms with Gasteiger partial charge in [-0.1, -0.05) is 19.8 Å². The third kappa shape index (κ3) is 2.33. The van der Waals surface area contributed by atoms with Crippen LogP contribution in [-0.2, 0) is 7.05 Å². The highest BCUT2D eigenvalue weighted by Gasteiger charge is 2.19. The van der Waals surface area contributed by atoms with Gasteiger partial charge in [0.15, 0.2) is 0 Å². The van der Waals surface area contributed by atoms with Crippen molar-refractivity contribution in [1.29, 1.82) is 0 Å². The zero-order valence-electron chi connectivity index (χ0n) is 9.95. The van der Waals surface area contributed by atoms with Gasteiger partial charge in [0.1, 0.15) is 0 Å². The van der Waals surface area contributed by atoms with Crippen LogP contribution in [0.25, 0.3) is 0 Å². The molecule has 0 amide bonds. The Morgan fingerprint density at radius 1 is 1.47 bits per heavy atom. The van der Waals surface area contributed by atoms with E-state index in [1.54, 1.807) is 0 Å². The van der Waals surface area contributed by atoms with E-state index >= 15 is 0 Å². The summed E-state index contributed by atoms with van der Waals surface area (Å²) in [6.45, 7) is 4.46. The van der Waals surface area contributed by atoms with E-state index in [0.29, 0.717) is 6.04 Å². The number of hydrogen-bond acceptors (Lipinski definition) is 2. The Labute approximate surface area is 91.9 Å². The lowest BCUT2D eigenvalue weighted by Gasteiger charge is -2.28. The van der Waals surface area contributed by atoms with E-state index in [2.05, 4.69) is 24.3 Å². The van der Waals surface area contributed by atoms with Crippen LogP contribution in [0.4, 0.5) is 5.69 Å². The van der Waals surface area contributed by atoms with Crippen LogP contribution in [-0.4, -0.2) is 15.8 Å². The Bertz CT molecular complexity index is 330. The Balaban J connectivity index is 1.99. The van der Waals surface area contributed by atoms with Gasteiger partial charge in [0.2, 0.25) is 0 Å². The average Bonchev–Trinajstić information content (AvgIpc) is 2.50. The van der Waals surface area contributed by atoms with Gasteiger partial charge < -0.3 is 5.32 Å². The standard InChI is InChI=1S/C12H21N3/c1-9-5-4-6-11(7-9)14-12-8-13-15(3)10(12)2/h8-9,11,14H,4-7H2,1-3H3. The molecule has 1 aliphatic carbocycles. The topological polar surface area (TPSA) is 29.9 Å². The van der Waals surface area contributed by atoms with Gasteiger partial charge in [-0.05, 0) is 25.7 Å². The molecule has 1 aromatic heterocycles. The second kappa shape index (κ2) is 4.25. The first-order chi connectivity index (χ1) is 7.16. The van der Waals surface area contributed by atoms with Crippen molar-refractivity contribution in [2.75, 3.05) is 5.32 Å². The molecule has 1 N–H and O–H groups in total. The van der Waals surface area contributed by atoms with Crippen LogP contribution in [0.5, 0.6) is 0 Å². The Kier molecular flexibility index (Phi) is 2.98. The van der Waals surface area contributed by atoms with Gasteiger partial charge in [-0.15, -0.1) is 0 Å². The zero-order valence-corrected chi connectivity index (χ0v) is 9.95. The minimum absolute atomic E-state index is 0.650. The van der Waals surface area contributed by atoms with Crippen molar-refractivity contribution >= 4 is 5.69 Å². The van der Waals surface area contributed by atoms with E-state index in [-0.39, 0.29) is 0 Å². The number of nitrogens with one attached hydrogen (secondary N) is 1. The number of anilines is 1. The van der Waals surface area contributed by atoms with E-state index < -0.39 is 0 Å². The maximum Gasteiger partial charge on any atom is 0.0758 e. The van der Waals surface area contributed by atoms with Gasteiger partial charge >= 0.3 is 0 Å². The molecule has 2 unspecified atom stereocenters. The lowest BCUT2D eigenvalue weighted by molar-refractivity contribution is 0.358. The molecule has 0 spiro atoms. The molecular formula is C12H21N3. The predicted octanol–water partition coefficient (Wildman–Crippen LogP) is 2.72. The summed E-state index contributed by atoms with van der Waals surface area (Å²) in [5.74, 6) is 0.869. The van der Waals surface area contributed by atoms with E-state index in [1.807, 2.05) is 17.9 Å². The molecule has 0 aromatic carbocycles. The van der Waals surface area contributed by atoms with Crippen LogP contribution >= 0.6 is 0 Å². The van der Waals surface area contributed by atoms with Crippen molar-refractivity contribution in [2.45, 2.75) is 45.6 Å². The lowest BCUT2D eigenvalue weighted by atomic mass is 9.87. The second-order valence-electron chi connectivity index (χ2n) is 4.88. The molecule has 15 heavy (non-hydrogen) atoms. The fourth-order valence-corrected chi connectivity index (χ4v) is 2.43. The molecule has 0 bridgehead atoms. The molecular weight excluding hydrogens is 186 g/mol. The van der Waals surface area contributed by atoms with Gasteiger partial charge in [-0.3, -0.25) is 4.68 Å². The van der Waals surface area contributed by atoms with Crippen molar-refractivity contribution in [2.24, 2.45) is 13.0 Å². The summed E-state index contributed by atoms with van der Waals surface area (Å²) in [5, 5.41) is 7.87. The maximum atomic E-state index is 4.25. The van der Waals surface area contributed by atoms with Gasteiger partial charge in [0.25, 0.3) is 0 Å². The van der Waals surface area contributed by atoms with Crippen molar-refractivity contribution in [3.05, 3.63) is 11.9 Å². The number of hydrogen-bond donors (Lipinski definition) is 1. The molecule has 3 nitrogen and oxygen atoms in total. The fourth-order valence-electron chi connectivity index (χ4n) is 2.43. The van der Waals surface area contributed by atoms with E-state index in [1.165, 1.54) is 37.1 Å². The third-order valence-corrected chi connectivity index (χ3v) is 3.53. The molecule has 0 aliphatic heterocycles. The van der Waals surface area contributed by atoms with Gasteiger partial charge in [0.05, 0.1) is 17.6 Å². The van der Waals surface area contributed by atoms with Crippen LogP contribution in [0.3, 0.4) is 0 Å². The number of aromatic nitrogens is 2. The fraction of sp³-hybridized carbons (Fsp3) is 0.750. The van der Waals surface area contributed by atoms with Crippen LogP contribution in [0.15, 0.2) is 6.20 Å². The minimum Gasteiger partial charge on any atom is -0.380 e. The third-order valence-electron chi connectivity index (χ3n) is 3.53. The summed E-state index contributed by atoms with van der Waals surface area (Å²) < 4.78 is 1.93. The molecule has 3 heteroatoms. The molecule has 1 aromatic rings. The Hall–Kier alpha value is -0.990. The van der Waals surface area contributed by atoms with E-state index in [9.17, 15) is 0 Å². The first-order valence-electron chi connectivity index (χ1n) is 5.92. The number of aryl methyl sites for hydroxylation is 1. The van der Waals surface area contributed by atoms with Crippen molar-refractivity contribution in [3.8, 4) is 0 Å². The van der Waals surface area contributed by atoms with Gasteiger partial charge in [-0.2, -0.15) is 5.10 Å². The second-order valence-corrected chi connectivity index (χ2v) is 4.88. The average molecular weight is 207 g/mol. The van der Waals surface area contributed by atoms with Crippen LogP contribution in [0.2, 0.25) is 0 Å². The lowest BCUT2D eigenvalue weighted by Crippen LogP contribution is -2.26. The molecule has 1 fully saturated rings. The minimum atomic E-state index is 0.650. The highest BCUT2D eigenvalue weighted by atomic mass is 15.3. The summed E-state index contributed by atoms with van der Waals surface area (Å²) in [7, 11) is 1.99. The normalized spacial score (nSPS) is 26.6. The summed E-state index contributed by atoms with van der Waals surface area (Å²) in [6, 6.07) is 0.650. The highest BCUT2D eigenvalue weighted by molar-refractivity contribution is 5.46. The Morgan fingerprint density at radius 3 is 2.87 bits per heavy atom. The van der Waals surface area contributed by atoms with E-state index in [4.69, 9.17) is 0 Å². The van der Waals surface area contributed by atoms with E-state index in [0.717, 1.165) is 5.92 Å². The molecule has 2 atom stereocenters. The summed E-state index contributed by atoms with van der Waals surface area (Å²) in [4.78, 5) is 0. The van der Waals surface area contributed by atoms with Gasteiger partial charge in [-0.25, -0.2) is 0 Å². The van der Waals surface area contributed by atoms with Crippen LogP contribution in [0, 0.1) is 12.8 Å². The molecule has 1 saturated carbocycles. The number of rotatable bonds is 2. The van der Waals surface area contributed by atoms with Crippen LogP contribution < -0.4 is 5.32 Å². The van der Waals surface area contributed by atoms with Crippen molar-refractivity contribution < 1.29 is 0 Å². The molecule has 1 heterocycles. The quantitative estimate of drug-likeness (QED) is 0.808. The molecule has 2 rings (SSSR count). The van der Waals surface area contributed by atoms with Crippen LogP contribution in [0.1, 0.15) is 38.3 Å². The molecule has 84 valence electrons. The summed E-state index contributed by atoms with van der Waals surface area (Å²) in [5.41, 5.74) is 2.44. The number of nitrogens with zero attached hydrogens (tertiary/aromatic N) is 2. The Morgan fingerprint density at radius 2 is 2.27 bits per heavy atom. The highest BCUT2D eigenvalue weighted by Crippen LogP contribution is 2.26. The smallest absolute Gasteiger partial charge is 0.0758 e. The molecule has 1 aliphatic rings. The molecule has 0 radical (unpaired) electrons. The van der Waals surface area contributed by atoms with Gasteiger partial charge in [0, 0.05) is 13.1 Å². The SMILES string of the molecule is Cc1c(NC2CCCC(C)C2)cnn1C. The zero-order chi connectivity index (χ0) is 10.8.